The van der Waals surface area contributed by atoms with Gasteiger partial charge in [-0.2, -0.15) is 0 Å². The molecule has 21 heteroatoms. The van der Waals surface area contributed by atoms with E-state index in [4.69, 9.17) is 75.8 Å². The molecule has 7 aliphatic heterocycles. The molecule has 2 saturated carbocycles. The number of aliphatic hydroxyl groups excluding tert-OH is 4. The lowest BCUT2D eigenvalue weighted by molar-refractivity contribution is -0.358. The average Bonchev–Trinajstić information content (AvgIpc) is 4.02. The van der Waals surface area contributed by atoms with Gasteiger partial charge >= 0.3 is 0 Å². The number of rotatable bonds is 15. The number of aliphatic hydroxyl groups is 4. The van der Waals surface area contributed by atoms with Crippen molar-refractivity contribution in [3.8, 4) is 0 Å². The van der Waals surface area contributed by atoms with Crippen molar-refractivity contribution in [1.82, 2.24) is 0 Å². The summed E-state index contributed by atoms with van der Waals surface area (Å²) in [5.41, 5.74) is 0.775. The Hall–Kier alpha value is -1.39. The first kappa shape index (κ1) is 57.8. The van der Waals surface area contributed by atoms with Gasteiger partial charge in [0.05, 0.1) is 79.2 Å². The molecule has 0 amide bonds. The predicted molar refractivity (Wildman–Crippen MR) is 264 cm³/mol. The van der Waals surface area contributed by atoms with Crippen LogP contribution in [0, 0.1) is 22.7 Å². The van der Waals surface area contributed by atoms with Gasteiger partial charge in [-0.25, -0.2) is 0 Å². The summed E-state index contributed by atoms with van der Waals surface area (Å²) in [5, 5.41) is 40.8. The third-order valence-electron chi connectivity index (χ3n) is 19.7. The highest BCUT2D eigenvalue weighted by Crippen LogP contribution is 2.66. The molecule has 3 aliphatic carbocycles. The first-order valence-electron chi connectivity index (χ1n) is 28.2. The molecule has 2 bridgehead atoms. The maximum absolute atomic E-state index is 13.4. The normalized spacial score (nSPS) is 53.6. The smallest absolute Gasteiger partial charge is 0.187 e. The molecule has 7 saturated heterocycles. The SMILES string of the molecule is CO[C@H]1C[C@H](O[C@H]2CC[C@@]3(C)C(=CC[C@@]45OC(C)[C@H]6CCC(=O)[C@]6(C)C(C[C@@H]43)O5)C2)O[C@H](C)[C@H]1O[C@H]1C[C@H](OC)[C@H](O[C@H]2C[C@@H](OC)[C@H](O[C@H]3C[C@@H](OC)[C@H](O[C@@H]4O[C@H](CO)[C@@H](O)[C@H](O)[C@H]4O)[C@@H](C)O3)[C@@H](C)O2)[C@@H](C)O1. The number of ether oxygens (including phenoxy) is 16. The summed E-state index contributed by atoms with van der Waals surface area (Å²) in [7, 11) is 6.48. The topological polar surface area (TPSA) is 246 Å². The molecule has 2 unspecified atom stereocenters. The van der Waals surface area contributed by atoms with Crippen molar-refractivity contribution in [3.63, 3.8) is 0 Å². The third-order valence-corrected chi connectivity index (χ3v) is 19.7. The zero-order valence-corrected chi connectivity index (χ0v) is 46.3. The fourth-order valence-electron chi connectivity index (χ4n) is 15.3. The molecular weight excluding hydrogens is 997 g/mol. The van der Waals surface area contributed by atoms with Gasteiger partial charge in [0, 0.05) is 78.8 Å². The van der Waals surface area contributed by atoms with E-state index in [0.717, 1.165) is 32.1 Å². The number of ketones is 1. The highest BCUT2D eigenvalue weighted by molar-refractivity contribution is 5.88. The maximum Gasteiger partial charge on any atom is 0.187 e. The lowest BCUT2D eigenvalue weighted by Crippen LogP contribution is -2.62. The van der Waals surface area contributed by atoms with Gasteiger partial charge in [0.25, 0.3) is 0 Å². The van der Waals surface area contributed by atoms with E-state index in [1.54, 1.807) is 28.3 Å². The summed E-state index contributed by atoms with van der Waals surface area (Å²) in [6.45, 7) is 13.7. The molecule has 10 rings (SSSR count). The molecule has 0 radical (unpaired) electrons. The molecule has 0 aromatic heterocycles. The summed E-state index contributed by atoms with van der Waals surface area (Å²) in [6.07, 6.45) is -6.41. The Morgan fingerprint density at radius 1 is 0.592 bits per heavy atom. The minimum atomic E-state index is -1.59. The molecule has 29 atom stereocenters. The van der Waals surface area contributed by atoms with Gasteiger partial charge in [-0.1, -0.05) is 18.6 Å². The number of carbonyl (C=O) groups excluding carboxylic acids is 1. The number of fused-ring (bicyclic) bond motifs is 5. The van der Waals surface area contributed by atoms with Crippen molar-refractivity contribution in [2.45, 2.75) is 272 Å². The van der Waals surface area contributed by atoms with Crippen molar-refractivity contribution >= 4 is 5.78 Å². The third kappa shape index (κ3) is 10.6. The van der Waals surface area contributed by atoms with E-state index in [-0.39, 0.29) is 54.2 Å². The quantitative estimate of drug-likeness (QED) is 0.172. The second-order valence-corrected chi connectivity index (χ2v) is 24.0. The van der Waals surface area contributed by atoms with Crippen LogP contribution in [0.4, 0.5) is 0 Å². The Kier molecular flexibility index (Phi) is 17.6. The van der Waals surface area contributed by atoms with Crippen LogP contribution >= 0.6 is 0 Å². The van der Waals surface area contributed by atoms with Crippen LogP contribution in [-0.4, -0.2) is 214 Å². The van der Waals surface area contributed by atoms with E-state index in [9.17, 15) is 25.2 Å². The van der Waals surface area contributed by atoms with E-state index >= 15 is 0 Å². The zero-order chi connectivity index (χ0) is 54.2. The number of hydrogen-bond donors (Lipinski definition) is 4. The van der Waals surface area contributed by atoms with Gasteiger partial charge in [-0.05, 0) is 79.1 Å². The molecule has 434 valence electrons. The van der Waals surface area contributed by atoms with Gasteiger partial charge in [0.15, 0.2) is 37.2 Å². The summed E-state index contributed by atoms with van der Waals surface area (Å²) in [5.74, 6) is -0.00615. The van der Waals surface area contributed by atoms with Gasteiger partial charge in [-0.15, -0.1) is 0 Å². The molecule has 10 aliphatic rings. The van der Waals surface area contributed by atoms with E-state index in [1.807, 2.05) is 20.8 Å². The molecule has 21 nitrogen and oxygen atoms in total. The van der Waals surface area contributed by atoms with E-state index in [2.05, 4.69) is 26.8 Å². The second kappa shape index (κ2) is 23.1. The van der Waals surface area contributed by atoms with Crippen molar-refractivity contribution < 1.29 is 101 Å². The fraction of sp³-hybridized carbons (Fsp3) is 0.945. The number of Topliss-reactive ketones (excluding diaryl/α,β-unsaturated/α-hetero) is 1. The van der Waals surface area contributed by atoms with E-state index < -0.39 is 135 Å². The van der Waals surface area contributed by atoms with Crippen molar-refractivity contribution in [2.75, 3.05) is 35.0 Å². The number of carbonyl (C=O) groups is 1. The largest absolute Gasteiger partial charge is 0.394 e. The first-order valence-corrected chi connectivity index (χ1v) is 28.2. The highest BCUT2D eigenvalue weighted by atomic mass is 16.8. The van der Waals surface area contributed by atoms with Crippen LogP contribution in [0.25, 0.3) is 0 Å². The van der Waals surface area contributed by atoms with Crippen molar-refractivity contribution in [3.05, 3.63) is 11.6 Å². The summed E-state index contributed by atoms with van der Waals surface area (Å²) >= 11 is 0. The van der Waals surface area contributed by atoms with Gasteiger partial charge in [0.1, 0.15) is 54.6 Å². The molecule has 76 heavy (non-hydrogen) atoms. The van der Waals surface area contributed by atoms with Crippen LogP contribution in [0.1, 0.15) is 119 Å². The van der Waals surface area contributed by atoms with Gasteiger partial charge < -0.3 is 96.2 Å². The highest BCUT2D eigenvalue weighted by Gasteiger charge is 2.69. The van der Waals surface area contributed by atoms with Crippen LogP contribution in [0.3, 0.4) is 0 Å². The lowest BCUT2D eigenvalue weighted by Gasteiger charge is -2.53. The molecule has 7 heterocycles. The first-order chi connectivity index (χ1) is 36.3. The molecule has 1 spiro atoms. The van der Waals surface area contributed by atoms with Crippen molar-refractivity contribution in [2.24, 2.45) is 22.7 Å². The maximum atomic E-state index is 13.4. The molecule has 0 aromatic carbocycles. The Morgan fingerprint density at radius 2 is 1.08 bits per heavy atom. The Bertz CT molecular complexity index is 2010. The summed E-state index contributed by atoms with van der Waals surface area (Å²) in [4.78, 5) is 13.4. The monoisotopic (exact) mass is 1080 g/mol. The van der Waals surface area contributed by atoms with Crippen LogP contribution in [0.2, 0.25) is 0 Å². The Labute approximate surface area is 447 Å². The van der Waals surface area contributed by atoms with Crippen molar-refractivity contribution in [1.29, 1.82) is 0 Å². The van der Waals surface area contributed by atoms with Crippen LogP contribution < -0.4 is 0 Å². The molecule has 9 fully saturated rings. The molecule has 0 aromatic rings. The minimum Gasteiger partial charge on any atom is -0.394 e. The van der Waals surface area contributed by atoms with Crippen LogP contribution in [0.15, 0.2) is 11.6 Å². The lowest BCUT2D eigenvalue weighted by atomic mass is 9.56. The Morgan fingerprint density at radius 3 is 1.57 bits per heavy atom. The number of hydrogen-bond acceptors (Lipinski definition) is 21. The van der Waals surface area contributed by atoms with Gasteiger partial charge in [-0.3, -0.25) is 4.79 Å². The predicted octanol–water partition coefficient (Wildman–Crippen LogP) is 3.34. The van der Waals surface area contributed by atoms with E-state index in [1.165, 1.54) is 12.7 Å². The van der Waals surface area contributed by atoms with E-state index in [0.29, 0.717) is 37.9 Å². The summed E-state index contributed by atoms with van der Waals surface area (Å²) in [6, 6.07) is 0. The Balaban J connectivity index is 0.696. The summed E-state index contributed by atoms with van der Waals surface area (Å²) < 4.78 is 102. The average molecular weight is 1090 g/mol. The fourth-order valence-corrected chi connectivity index (χ4v) is 15.3. The van der Waals surface area contributed by atoms with Crippen LogP contribution in [0.5, 0.6) is 0 Å². The zero-order valence-electron chi connectivity index (χ0n) is 46.3. The number of methoxy groups -OCH3 is 4. The molecule has 4 N–H and O–H groups in total. The second-order valence-electron chi connectivity index (χ2n) is 24.0. The molecular formula is C55H88O21. The standard InChI is InChI=1S/C55H88O21/c1-25-32-12-13-39(57)54(32,7)40-23-38-53(6)16-15-31(18-30(53)14-17-55(38,75-25)76-40)69-41-19-33(61-8)48(26(2)65-41)71-42-20-34(62-9)49(27(3)66-42)72-43-21-35(63-10)50(28(4)67-43)73-44-22-36(64-11)51(29(5)68-44)74-52-47(60)46(59)45(58)37(24-56)70-52/h14,25-29,31-38,40-52,56,58-60H,12-13,15-24H2,1-11H3/t25?,26-,27-,28-,29-,31+,32-,33+,34+,35-,36-,37-,38-,40?,41+,42+,43+,44+,45-,46+,47-,48-,49-,50-,51-,52+,53+,54-,55+/m1/s1. The minimum absolute atomic E-state index is 0.0240. The van der Waals surface area contributed by atoms with Crippen LogP contribution in [-0.2, 0) is 80.6 Å². The van der Waals surface area contributed by atoms with Gasteiger partial charge in [0.2, 0.25) is 0 Å².